The fraction of sp³-hybridized carbons (Fsp3) is 0.488. The molecule has 4 fully saturated rings. The van der Waals surface area contributed by atoms with E-state index >= 15 is 4.39 Å². The first-order chi connectivity index (χ1) is 27.4. The molecule has 0 saturated carbocycles. The quantitative estimate of drug-likeness (QED) is 0.121. The van der Waals surface area contributed by atoms with Crippen LogP contribution in [0.4, 0.5) is 19.4 Å². The van der Waals surface area contributed by atoms with E-state index < -0.39 is 23.1 Å². The molecule has 4 aliphatic rings. The van der Waals surface area contributed by atoms with E-state index in [-0.39, 0.29) is 43.2 Å². The maximum atomic E-state index is 15.4. The molecule has 4 atom stereocenters. The Morgan fingerprint density at radius 3 is 2.60 bits per heavy atom. The minimum absolute atomic E-state index is 0.00967. The monoisotopic (exact) mass is 779 g/mol. The Labute approximate surface area is 330 Å². The topological polar surface area (TPSA) is 107 Å². The molecule has 1 amide bonds. The van der Waals surface area contributed by atoms with Crippen molar-refractivity contribution in [2.75, 3.05) is 51.6 Å². The van der Waals surface area contributed by atoms with Crippen LogP contribution in [0.15, 0.2) is 36.5 Å². The summed E-state index contributed by atoms with van der Waals surface area (Å²) in [5.41, 5.74) is 1.58. The first-order valence-electron chi connectivity index (χ1n) is 19.7. The zero-order valence-corrected chi connectivity index (χ0v) is 33.0. The largest absolute Gasteiger partial charge is 0.468 e. The predicted octanol–water partition coefficient (Wildman–Crippen LogP) is 6.98. The van der Waals surface area contributed by atoms with E-state index in [4.69, 9.17) is 40.3 Å². The average molecular weight is 780 g/mol. The average Bonchev–Trinajstić information content (AvgIpc) is 3.88. The van der Waals surface area contributed by atoms with Gasteiger partial charge in [-0.1, -0.05) is 12.0 Å². The highest BCUT2D eigenvalue weighted by atomic mass is 19.1. The number of anilines is 1. The number of rotatable bonds is 8. The molecule has 0 spiro atoms. The van der Waals surface area contributed by atoms with Gasteiger partial charge in [0.05, 0.1) is 39.8 Å². The second-order valence-electron chi connectivity index (χ2n) is 16.9. The lowest BCUT2D eigenvalue weighted by Gasteiger charge is -2.42. The van der Waals surface area contributed by atoms with Crippen LogP contribution in [0.25, 0.3) is 44.0 Å². The van der Waals surface area contributed by atoms with E-state index in [2.05, 4.69) is 15.7 Å². The number of fused-ring (bicyclic) bond motifs is 7. The fourth-order valence-corrected chi connectivity index (χ4v) is 9.78. The molecule has 0 radical (unpaired) electrons. The van der Waals surface area contributed by atoms with Crippen LogP contribution >= 0.6 is 0 Å². The Morgan fingerprint density at radius 1 is 1.07 bits per heavy atom. The smallest absolute Gasteiger partial charge is 0.410 e. The Kier molecular flexibility index (Phi) is 9.16. The van der Waals surface area contributed by atoms with Crippen LogP contribution in [0.2, 0.25) is 0 Å². The highest BCUT2D eigenvalue weighted by Crippen LogP contribution is 2.45. The molecule has 5 aromatic rings. The second-order valence-corrected chi connectivity index (χ2v) is 16.9. The molecule has 12 nitrogen and oxygen atoms in total. The van der Waals surface area contributed by atoms with Gasteiger partial charge in [0.15, 0.2) is 6.79 Å². The molecule has 0 unspecified atom stereocenters. The summed E-state index contributed by atoms with van der Waals surface area (Å²) in [5, 5.41) is 2.83. The number of pyridine rings is 1. The Balaban J connectivity index is 1.21. The van der Waals surface area contributed by atoms with Crippen LogP contribution in [0.3, 0.4) is 0 Å². The number of methoxy groups -OCH3 is 1. The molecule has 14 heteroatoms. The van der Waals surface area contributed by atoms with Crippen LogP contribution in [0, 0.1) is 18.2 Å². The number of ether oxygens (including phenoxy) is 4. The summed E-state index contributed by atoms with van der Waals surface area (Å²) in [5.74, 6) is 3.23. The van der Waals surface area contributed by atoms with Gasteiger partial charge in [-0.3, -0.25) is 14.8 Å². The summed E-state index contributed by atoms with van der Waals surface area (Å²) in [6.45, 7) is 8.24. The summed E-state index contributed by atoms with van der Waals surface area (Å²) < 4.78 is 55.6. The Morgan fingerprint density at radius 2 is 1.86 bits per heavy atom. The van der Waals surface area contributed by atoms with Gasteiger partial charge in [-0.2, -0.15) is 9.97 Å². The van der Waals surface area contributed by atoms with Gasteiger partial charge in [-0.05, 0) is 82.7 Å². The van der Waals surface area contributed by atoms with E-state index in [0.717, 1.165) is 48.5 Å². The van der Waals surface area contributed by atoms with Crippen molar-refractivity contribution < 1.29 is 32.5 Å². The van der Waals surface area contributed by atoms with Crippen LogP contribution in [0.1, 0.15) is 58.4 Å². The molecule has 3 aromatic heterocycles. The molecular formula is C43H47F2N7O5. The van der Waals surface area contributed by atoms with Crippen LogP contribution < -0.4 is 14.4 Å². The number of carbonyl (C=O) groups is 1. The maximum absolute atomic E-state index is 15.4. The lowest BCUT2D eigenvalue weighted by atomic mass is 9.95. The van der Waals surface area contributed by atoms with E-state index in [1.165, 1.54) is 6.07 Å². The third-order valence-corrected chi connectivity index (χ3v) is 12.1. The maximum Gasteiger partial charge on any atom is 0.410 e. The fourth-order valence-electron chi connectivity index (χ4n) is 9.78. The number of hydrogen-bond acceptors (Lipinski definition) is 10. The summed E-state index contributed by atoms with van der Waals surface area (Å²) in [6, 6.07) is 8.62. The van der Waals surface area contributed by atoms with Crippen molar-refractivity contribution in [3.8, 4) is 35.4 Å². The molecule has 7 heterocycles. The van der Waals surface area contributed by atoms with Crippen molar-refractivity contribution in [3.05, 3.63) is 47.9 Å². The number of halogens is 2. The van der Waals surface area contributed by atoms with E-state index in [1.807, 2.05) is 49.4 Å². The van der Waals surface area contributed by atoms with Gasteiger partial charge in [0.2, 0.25) is 0 Å². The van der Waals surface area contributed by atoms with Crippen LogP contribution in [-0.4, -0.2) is 111 Å². The third kappa shape index (κ3) is 6.35. The molecule has 2 aromatic carbocycles. The number of hydrogen-bond donors (Lipinski definition) is 0. The first-order valence-corrected chi connectivity index (χ1v) is 19.7. The highest BCUT2D eigenvalue weighted by molar-refractivity contribution is 6.17. The molecule has 4 aliphatic heterocycles. The summed E-state index contributed by atoms with van der Waals surface area (Å²) >= 11 is 0. The molecule has 4 saturated heterocycles. The van der Waals surface area contributed by atoms with Crippen LogP contribution in [-0.2, 0) is 16.5 Å². The molecule has 0 aliphatic carbocycles. The Hall–Kier alpha value is -5.26. The lowest BCUT2D eigenvalue weighted by molar-refractivity contribution is 0.0122. The number of aryl methyl sites for hydroxylation is 1. The zero-order valence-electron chi connectivity index (χ0n) is 33.0. The minimum atomic E-state index is -0.897. The van der Waals surface area contributed by atoms with Crippen molar-refractivity contribution in [1.29, 1.82) is 0 Å². The summed E-state index contributed by atoms with van der Waals surface area (Å²) in [6.07, 6.45) is 10.4. The molecule has 298 valence electrons. The van der Waals surface area contributed by atoms with E-state index in [0.29, 0.717) is 65.3 Å². The predicted molar refractivity (Wildman–Crippen MR) is 213 cm³/mol. The standard InChI is InChI=1S/C43H47F2N7O5/c1-7-30-33(45)12-9-25-17-29(56-24-54-6)18-32(34(25)30)36-37-31(13-15-46-36)35-38(49(37)5)47-40(55-23-43-14-8-16-51(43)20-26(44)19-43)48-39(35)50-21-27-10-11-28(22-50)52(27)41(53)57-42(2,3)4/h1,9,12-13,15,17-18,26-28H,8,10-11,14,16,19-24H2,2-6H3/t26-,27-,28+,43+/m1/s1. The van der Waals surface area contributed by atoms with Gasteiger partial charge in [-0.25, -0.2) is 13.6 Å². The number of nitrogens with zero attached hydrogens (tertiary/aromatic N) is 7. The van der Waals surface area contributed by atoms with E-state index in [1.54, 1.807) is 25.4 Å². The number of benzene rings is 2. The number of piperazine rings is 1. The normalized spacial score (nSPS) is 23.4. The minimum Gasteiger partial charge on any atom is -0.468 e. The van der Waals surface area contributed by atoms with Gasteiger partial charge in [0.1, 0.15) is 41.4 Å². The van der Waals surface area contributed by atoms with Gasteiger partial charge >= 0.3 is 12.1 Å². The summed E-state index contributed by atoms with van der Waals surface area (Å²) in [4.78, 5) is 34.9. The number of alkyl halides is 1. The van der Waals surface area contributed by atoms with Crippen molar-refractivity contribution in [2.45, 2.75) is 82.3 Å². The van der Waals surface area contributed by atoms with E-state index in [9.17, 15) is 9.18 Å². The van der Waals surface area contributed by atoms with Gasteiger partial charge in [-0.15, -0.1) is 6.42 Å². The van der Waals surface area contributed by atoms with Gasteiger partial charge in [0.25, 0.3) is 0 Å². The SMILES string of the molecule is C#Cc1c(F)ccc2cc(OCOC)cc(-c3nccc4c5c(N6C[C@H]7CC[C@@H](C6)N7C(=O)OC(C)(C)C)nc(OC[C@@]67CCCN6C[C@H](F)C7)nc5n(C)c34)c12. The first kappa shape index (κ1) is 37.3. The summed E-state index contributed by atoms with van der Waals surface area (Å²) in [7, 11) is 3.46. The second kappa shape index (κ2) is 14.0. The molecule has 0 N–H and O–H groups in total. The highest BCUT2D eigenvalue weighted by Gasteiger charge is 2.50. The number of carbonyl (C=O) groups excluding carboxylic acids is 1. The number of terminal acetylenes is 1. The molecule has 9 rings (SSSR count). The molecular weight excluding hydrogens is 733 g/mol. The lowest BCUT2D eigenvalue weighted by Crippen LogP contribution is -2.57. The molecule has 57 heavy (non-hydrogen) atoms. The zero-order chi connectivity index (χ0) is 39.8. The van der Waals surface area contributed by atoms with Gasteiger partial charge < -0.3 is 28.4 Å². The number of amides is 1. The number of aromatic nitrogens is 4. The van der Waals surface area contributed by atoms with Crippen LogP contribution in [0.5, 0.6) is 11.8 Å². The van der Waals surface area contributed by atoms with Crippen molar-refractivity contribution in [2.24, 2.45) is 7.05 Å². The van der Waals surface area contributed by atoms with Crippen molar-refractivity contribution >= 4 is 44.6 Å². The Bertz CT molecular complexity index is 2450. The molecule has 2 bridgehead atoms. The van der Waals surface area contributed by atoms with Crippen molar-refractivity contribution in [1.82, 2.24) is 29.3 Å². The third-order valence-electron chi connectivity index (χ3n) is 12.1. The van der Waals surface area contributed by atoms with Crippen molar-refractivity contribution in [3.63, 3.8) is 0 Å². The van der Waals surface area contributed by atoms with Gasteiger partial charge in [0, 0.05) is 62.7 Å².